The molecule has 0 N–H and O–H groups in total. The fraction of sp³-hybridized carbons (Fsp3) is 0.0833. The minimum atomic E-state index is -0.490. The molecule has 6 nitrogen and oxygen atoms in total. The van der Waals surface area contributed by atoms with Crippen LogP contribution in [0.5, 0.6) is 11.5 Å². The van der Waals surface area contributed by atoms with Gasteiger partial charge in [0.1, 0.15) is 11.5 Å². The monoisotopic (exact) mass is 708 g/mol. The van der Waals surface area contributed by atoms with Crippen LogP contribution >= 0.6 is 0 Å². The summed E-state index contributed by atoms with van der Waals surface area (Å²) in [6, 6.07) is 53.4. The molecule has 266 valence electrons. The zero-order valence-electron chi connectivity index (χ0n) is 29.9. The van der Waals surface area contributed by atoms with E-state index in [1.807, 2.05) is 60.7 Å². The lowest BCUT2D eigenvalue weighted by molar-refractivity contribution is -0.129. The lowest BCUT2D eigenvalue weighted by Gasteiger charge is -2.28. The molecule has 0 amide bonds. The molecular weight excluding hydrogens is 669 g/mol. The highest BCUT2D eigenvalue weighted by Crippen LogP contribution is 2.36. The maximum atomic E-state index is 12.1. The molecule has 0 saturated carbocycles. The van der Waals surface area contributed by atoms with Gasteiger partial charge in [0, 0.05) is 71.3 Å². The number of esters is 2. The predicted octanol–water partition coefficient (Wildman–Crippen LogP) is 10.6. The first-order valence-electron chi connectivity index (χ1n) is 17.9. The Hall–Kier alpha value is -6.92. The summed E-state index contributed by atoms with van der Waals surface area (Å²) >= 11 is 0. The number of carbonyl (C=O) groups excluding carboxylic acids is 2. The molecule has 54 heavy (non-hydrogen) atoms. The number of anilines is 2. The largest absolute Gasteiger partial charge is 0.423 e. The minimum absolute atomic E-state index is 0.490. The van der Waals surface area contributed by atoms with E-state index in [-0.39, 0.29) is 0 Å². The SMILES string of the molecule is C=CC(=O)Oc1cccc2c(N(Cc3ccccc3)Cc3ccc(CN(Cc4ccccc4)c4cccc5c(OC(=O)C=C)cccc45)cc3)cccc12. The Morgan fingerprint density at radius 2 is 0.741 bits per heavy atom. The lowest BCUT2D eigenvalue weighted by Crippen LogP contribution is -2.23. The number of fused-ring (bicyclic) bond motifs is 2. The third-order valence-corrected chi connectivity index (χ3v) is 9.36. The van der Waals surface area contributed by atoms with Crippen molar-refractivity contribution >= 4 is 44.9 Å². The van der Waals surface area contributed by atoms with E-state index in [9.17, 15) is 9.59 Å². The quantitative estimate of drug-likeness (QED) is 0.0637. The van der Waals surface area contributed by atoms with Gasteiger partial charge in [0.05, 0.1) is 0 Å². The van der Waals surface area contributed by atoms with E-state index < -0.39 is 11.9 Å². The van der Waals surface area contributed by atoms with Gasteiger partial charge in [-0.25, -0.2) is 9.59 Å². The Morgan fingerprint density at radius 3 is 1.11 bits per heavy atom. The second-order valence-electron chi connectivity index (χ2n) is 13.0. The number of benzene rings is 7. The summed E-state index contributed by atoms with van der Waals surface area (Å²) in [5.74, 6) is 0.0263. The van der Waals surface area contributed by atoms with Crippen LogP contribution in [-0.2, 0) is 35.8 Å². The predicted molar refractivity (Wildman–Crippen MR) is 219 cm³/mol. The maximum absolute atomic E-state index is 12.1. The van der Waals surface area contributed by atoms with Gasteiger partial charge < -0.3 is 19.3 Å². The van der Waals surface area contributed by atoms with Crippen LogP contribution in [0.1, 0.15) is 22.3 Å². The summed E-state index contributed by atoms with van der Waals surface area (Å²) in [6.45, 7) is 9.81. The van der Waals surface area contributed by atoms with Crippen molar-refractivity contribution in [2.24, 2.45) is 0 Å². The molecule has 0 aliphatic heterocycles. The second kappa shape index (κ2) is 16.6. The van der Waals surface area contributed by atoms with Crippen molar-refractivity contribution in [1.82, 2.24) is 0 Å². The third-order valence-electron chi connectivity index (χ3n) is 9.36. The van der Waals surface area contributed by atoms with E-state index >= 15 is 0 Å². The number of rotatable bonds is 14. The fourth-order valence-corrected chi connectivity index (χ4v) is 6.81. The highest BCUT2D eigenvalue weighted by Gasteiger charge is 2.17. The van der Waals surface area contributed by atoms with Crippen LogP contribution in [0.15, 0.2) is 183 Å². The Labute approximate surface area is 315 Å². The van der Waals surface area contributed by atoms with Crippen molar-refractivity contribution in [1.29, 1.82) is 0 Å². The zero-order chi connectivity index (χ0) is 37.3. The molecule has 0 fully saturated rings. The number of carbonyl (C=O) groups is 2. The topological polar surface area (TPSA) is 59.1 Å². The molecule has 0 unspecified atom stereocenters. The summed E-state index contributed by atoms with van der Waals surface area (Å²) in [6.07, 6.45) is 2.35. The summed E-state index contributed by atoms with van der Waals surface area (Å²) in [5.41, 5.74) is 6.78. The zero-order valence-corrected chi connectivity index (χ0v) is 29.9. The van der Waals surface area contributed by atoms with Crippen molar-refractivity contribution in [2.75, 3.05) is 9.80 Å². The molecule has 6 heteroatoms. The first kappa shape index (κ1) is 35.5. The molecule has 0 radical (unpaired) electrons. The van der Waals surface area contributed by atoms with Gasteiger partial charge in [-0.1, -0.05) is 147 Å². The average Bonchev–Trinajstić information content (AvgIpc) is 3.21. The van der Waals surface area contributed by atoms with Gasteiger partial charge in [-0.15, -0.1) is 0 Å². The molecular formula is C48H40N2O4. The van der Waals surface area contributed by atoms with Crippen molar-refractivity contribution in [3.63, 3.8) is 0 Å². The van der Waals surface area contributed by atoms with Gasteiger partial charge in [0.25, 0.3) is 0 Å². The van der Waals surface area contributed by atoms with Crippen LogP contribution in [0.25, 0.3) is 21.5 Å². The molecule has 0 aliphatic rings. The number of hydrogen-bond acceptors (Lipinski definition) is 6. The molecule has 0 heterocycles. The van der Waals surface area contributed by atoms with Gasteiger partial charge in [-0.2, -0.15) is 0 Å². The van der Waals surface area contributed by atoms with E-state index in [0.29, 0.717) is 37.7 Å². The molecule has 0 aromatic heterocycles. The Kier molecular flexibility index (Phi) is 10.9. The number of nitrogens with zero attached hydrogens (tertiary/aromatic N) is 2. The van der Waals surface area contributed by atoms with E-state index in [1.54, 1.807) is 0 Å². The lowest BCUT2D eigenvalue weighted by atomic mass is 10.0. The van der Waals surface area contributed by atoms with Crippen LogP contribution in [0, 0.1) is 0 Å². The summed E-state index contributed by atoms with van der Waals surface area (Å²) in [7, 11) is 0. The molecule has 7 rings (SSSR count). The first-order chi connectivity index (χ1) is 26.5. The Balaban J connectivity index is 1.20. The van der Waals surface area contributed by atoms with Crippen molar-refractivity contribution in [3.8, 4) is 11.5 Å². The number of ether oxygens (including phenoxy) is 2. The van der Waals surface area contributed by atoms with Gasteiger partial charge in [0.2, 0.25) is 0 Å². The normalized spacial score (nSPS) is 10.8. The highest BCUT2D eigenvalue weighted by atomic mass is 16.5. The van der Waals surface area contributed by atoms with Gasteiger partial charge >= 0.3 is 11.9 Å². The molecule has 0 spiro atoms. The number of hydrogen-bond donors (Lipinski definition) is 0. The van der Waals surface area contributed by atoms with Crippen LogP contribution < -0.4 is 19.3 Å². The van der Waals surface area contributed by atoms with Crippen molar-refractivity contribution in [2.45, 2.75) is 26.2 Å². The Morgan fingerprint density at radius 1 is 0.407 bits per heavy atom. The van der Waals surface area contributed by atoms with Crippen molar-refractivity contribution in [3.05, 3.63) is 205 Å². The minimum Gasteiger partial charge on any atom is -0.423 e. The highest BCUT2D eigenvalue weighted by molar-refractivity contribution is 6.00. The molecule has 0 bridgehead atoms. The average molecular weight is 709 g/mol. The van der Waals surface area contributed by atoms with Crippen LogP contribution in [0.2, 0.25) is 0 Å². The molecule has 0 atom stereocenters. The second-order valence-corrected chi connectivity index (χ2v) is 13.0. The Bertz CT molecular complexity index is 2250. The van der Waals surface area contributed by atoms with Gasteiger partial charge in [0.15, 0.2) is 0 Å². The first-order valence-corrected chi connectivity index (χ1v) is 17.9. The summed E-state index contributed by atoms with van der Waals surface area (Å²) < 4.78 is 11.2. The fourth-order valence-electron chi connectivity index (χ4n) is 6.81. The van der Waals surface area contributed by atoms with Gasteiger partial charge in [-0.3, -0.25) is 0 Å². The van der Waals surface area contributed by atoms with Crippen LogP contribution in [-0.4, -0.2) is 11.9 Å². The van der Waals surface area contributed by atoms with Crippen LogP contribution in [0.3, 0.4) is 0 Å². The molecule has 7 aromatic carbocycles. The van der Waals surface area contributed by atoms with Crippen LogP contribution in [0.4, 0.5) is 11.4 Å². The van der Waals surface area contributed by atoms with E-state index in [0.717, 1.165) is 44.0 Å². The third kappa shape index (κ3) is 8.24. The van der Waals surface area contributed by atoms with E-state index in [2.05, 4.69) is 120 Å². The van der Waals surface area contributed by atoms with Crippen molar-refractivity contribution < 1.29 is 19.1 Å². The maximum Gasteiger partial charge on any atom is 0.335 e. The van der Waals surface area contributed by atoms with E-state index in [1.165, 1.54) is 23.3 Å². The molecule has 7 aromatic rings. The summed E-state index contributed by atoms with van der Waals surface area (Å²) in [4.78, 5) is 29.0. The standard InChI is InChI=1S/C48H40N2O4/c1-3-47(51)53-45-25-13-19-39-41(45)21-11-23-43(39)49(31-35-15-7-5-8-16-35)33-37-27-29-38(30-28-37)34-50(32-36-17-9-6-10-18-36)44-24-12-22-42-40(44)20-14-26-46(42)54-48(52)4-2/h3-30H,1-2,31-34H2. The molecule has 0 aliphatic carbocycles. The van der Waals surface area contributed by atoms with Gasteiger partial charge in [-0.05, 0) is 46.5 Å². The molecule has 0 saturated heterocycles. The summed E-state index contributed by atoms with van der Waals surface area (Å²) in [5, 5.41) is 3.70. The van der Waals surface area contributed by atoms with E-state index in [4.69, 9.17) is 9.47 Å². The smallest absolute Gasteiger partial charge is 0.335 e.